The van der Waals surface area contributed by atoms with Gasteiger partial charge in [-0.1, -0.05) is 13.0 Å². The molecule has 0 aliphatic carbocycles. The number of ether oxygens (including phenoxy) is 1. The Morgan fingerprint density at radius 2 is 2.30 bits per heavy atom. The number of nitrogen functional groups attached to an aromatic ring is 1. The van der Waals surface area contributed by atoms with Crippen molar-refractivity contribution in [3.8, 4) is 11.8 Å². The van der Waals surface area contributed by atoms with Crippen LogP contribution in [0, 0.1) is 11.3 Å². The Labute approximate surface area is 116 Å². The van der Waals surface area contributed by atoms with Crippen LogP contribution >= 0.6 is 0 Å². The van der Waals surface area contributed by atoms with Gasteiger partial charge in [0.25, 0.3) is 0 Å². The zero-order chi connectivity index (χ0) is 14.7. The molecule has 1 heterocycles. The molecule has 20 heavy (non-hydrogen) atoms. The largest absolute Gasteiger partial charge is 0.464 e. The average molecular weight is 270 g/mol. The first-order valence-electron chi connectivity index (χ1n) is 6.08. The first-order chi connectivity index (χ1) is 9.62. The Hall–Kier alpha value is -2.81. The molecule has 0 amide bonds. The van der Waals surface area contributed by atoms with Crippen molar-refractivity contribution in [2.24, 2.45) is 0 Å². The molecule has 0 atom stereocenters. The number of hydrogen-bond donors (Lipinski definition) is 1. The molecule has 2 N–H and O–H groups in total. The maximum atomic E-state index is 11.6. The third kappa shape index (κ3) is 2.21. The number of hydrogen-bond acceptors (Lipinski definition) is 5. The fourth-order valence-corrected chi connectivity index (χ4v) is 1.97. The number of anilines is 1. The minimum absolute atomic E-state index is 0.0895. The Morgan fingerprint density at radius 3 is 2.90 bits per heavy atom. The highest BCUT2D eigenvalue weighted by atomic mass is 16.5. The third-order valence-corrected chi connectivity index (χ3v) is 2.91. The Balaban J connectivity index is 2.64. The lowest BCUT2D eigenvalue weighted by atomic mass is 10.2. The molecule has 0 spiro atoms. The highest BCUT2D eigenvalue weighted by Gasteiger charge is 2.21. The van der Waals surface area contributed by atoms with Crippen molar-refractivity contribution in [2.45, 2.75) is 13.3 Å². The number of methoxy groups -OCH3 is 1. The summed E-state index contributed by atoms with van der Waals surface area (Å²) < 4.78 is 6.32. The number of nitrogens with zero attached hydrogens (tertiary/aromatic N) is 3. The van der Waals surface area contributed by atoms with Gasteiger partial charge in [-0.25, -0.2) is 9.78 Å². The Bertz CT molecular complexity index is 698. The van der Waals surface area contributed by atoms with E-state index in [1.165, 1.54) is 7.11 Å². The average Bonchev–Trinajstić information content (AvgIpc) is 2.83. The second-order valence-corrected chi connectivity index (χ2v) is 4.10. The molecule has 0 radical (unpaired) electrons. The summed E-state index contributed by atoms with van der Waals surface area (Å²) in [7, 11) is 1.28. The first-order valence-corrected chi connectivity index (χ1v) is 6.08. The fourth-order valence-electron chi connectivity index (χ4n) is 1.97. The van der Waals surface area contributed by atoms with E-state index in [4.69, 9.17) is 11.0 Å². The summed E-state index contributed by atoms with van der Waals surface area (Å²) in [5, 5.41) is 8.96. The summed E-state index contributed by atoms with van der Waals surface area (Å²) in [6, 6.07) is 9.02. The van der Waals surface area contributed by atoms with E-state index < -0.39 is 5.97 Å². The van der Waals surface area contributed by atoms with E-state index in [1.54, 1.807) is 28.8 Å². The van der Waals surface area contributed by atoms with Crippen molar-refractivity contribution in [1.82, 2.24) is 9.55 Å². The van der Waals surface area contributed by atoms with Crippen LogP contribution < -0.4 is 5.73 Å². The minimum Gasteiger partial charge on any atom is -0.464 e. The smallest absolute Gasteiger partial charge is 0.360 e. The molecule has 102 valence electrons. The van der Waals surface area contributed by atoms with E-state index in [9.17, 15) is 4.79 Å². The SMILES string of the molecule is CCc1nc(C(=O)OC)c(N)n1-c1cccc(C#N)c1. The van der Waals surface area contributed by atoms with Gasteiger partial charge in [0.2, 0.25) is 0 Å². The summed E-state index contributed by atoms with van der Waals surface area (Å²) in [5.41, 5.74) is 7.29. The van der Waals surface area contributed by atoms with Gasteiger partial charge in [0, 0.05) is 6.42 Å². The molecule has 1 aromatic heterocycles. The number of aromatic nitrogens is 2. The molecular formula is C14H14N4O2. The lowest BCUT2D eigenvalue weighted by Crippen LogP contribution is -2.08. The van der Waals surface area contributed by atoms with Crippen molar-refractivity contribution in [2.75, 3.05) is 12.8 Å². The number of esters is 1. The van der Waals surface area contributed by atoms with Crippen LogP contribution in [0.2, 0.25) is 0 Å². The van der Waals surface area contributed by atoms with E-state index in [0.717, 1.165) is 0 Å². The Morgan fingerprint density at radius 1 is 1.55 bits per heavy atom. The van der Waals surface area contributed by atoms with Crippen LogP contribution in [0.1, 0.15) is 28.8 Å². The van der Waals surface area contributed by atoms with Gasteiger partial charge in [-0.3, -0.25) is 4.57 Å². The van der Waals surface area contributed by atoms with Gasteiger partial charge in [-0.15, -0.1) is 0 Å². The van der Waals surface area contributed by atoms with Gasteiger partial charge in [0.05, 0.1) is 24.4 Å². The molecule has 0 aliphatic heterocycles. The van der Waals surface area contributed by atoms with Crippen LogP contribution in [-0.4, -0.2) is 22.6 Å². The van der Waals surface area contributed by atoms with Crippen LogP contribution in [0.25, 0.3) is 5.69 Å². The minimum atomic E-state index is -0.576. The van der Waals surface area contributed by atoms with Crippen molar-refractivity contribution >= 4 is 11.8 Å². The molecule has 0 saturated heterocycles. The Kier molecular flexibility index (Phi) is 3.71. The lowest BCUT2D eigenvalue weighted by Gasteiger charge is -2.09. The summed E-state index contributed by atoms with van der Waals surface area (Å²) >= 11 is 0. The zero-order valence-electron chi connectivity index (χ0n) is 11.3. The van der Waals surface area contributed by atoms with Gasteiger partial charge in [-0.05, 0) is 18.2 Å². The number of rotatable bonds is 3. The van der Waals surface area contributed by atoms with Crippen LogP contribution in [0.4, 0.5) is 5.82 Å². The van der Waals surface area contributed by atoms with Crippen molar-refractivity contribution < 1.29 is 9.53 Å². The van der Waals surface area contributed by atoms with E-state index >= 15 is 0 Å². The van der Waals surface area contributed by atoms with E-state index in [0.29, 0.717) is 23.5 Å². The predicted molar refractivity (Wildman–Crippen MR) is 73.4 cm³/mol. The standard InChI is InChI=1S/C14H14N4O2/c1-3-11-17-12(14(19)20-2)13(16)18(11)10-6-4-5-9(7-10)8-15/h4-7H,3,16H2,1-2H3. The summed E-state index contributed by atoms with van der Waals surface area (Å²) in [5.74, 6) is 0.272. The number of nitrogens with two attached hydrogens (primary N) is 1. The predicted octanol–water partition coefficient (Wildman–Crippen LogP) is 1.68. The second kappa shape index (κ2) is 5.45. The summed E-state index contributed by atoms with van der Waals surface area (Å²) in [6.07, 6.45) is 0.595. The molecule has 6 nitrogen and oxygen atoms in total. The van der Waals surface area contributed by atoms with Crippen LogP contribution in [0.3, 0.4) is 0 Å². The van der Waals surface area contributed by atoms with Gasteiger partial charge < -0.3 is 10.5 Å². The highest BCUT2D eigenvalue weighted by Crippen LogP contribution is 2.22. The maximum Gasteiger partial charge on any atom is 0.360 e. The van der Waals surface area contributed by atoms with Gasteiger partial charge in [0.1, 0.15) is 11.6 Å². The number of aryl methyl sites for hydroxylation is 1. The summed E-state index contributed by atoms with van der Waals surface area (Å²) in [4.78, 5) is 15.9. The van der Waals surface area contributed by atoms with Crippen LogP contribution in [0.15, 0.2) is 24.3 Å². The quantitative estimate of drug-likeness (QED) is 0.856. The topological polar surface area (TPSA) is 93.9 Å². The van der Waals surface area contributed by atoms with Crippen molar-refractivity contribution in [3.63, 3.8) is 0 Å². The number of nitriles is 1. The van der Waals surface area contributed by atoms with E-state index in [-0.39, 0.29) is 11.5 Å². The number of imidazole rings is 1. The zero-order valence-corrected chi connectivity index (χ0v) is 11.3. The normalized spacial score (nSPS) is 10.1. The first kappa shape index (κ1) is 13.6. The summed E-state index contributed by atoms with van der Waals surface area (Å²) in [6.45, 7) is 1.91. The van der Waals surface area contributed by atoms with Gasteiger partial charge >= 0.3 is 5.97 Å². The molecule has 1 aromatic carbocycles. The fraction of sp³-hybridized carbons (Fsp3) is 0.214. The number of carbonyl (C=O) groups is 1. The third-order valence-electron chi connectivity index (χ3n) is 2.91. The molecule has 2 aromatic rings. The van der Waals surface area contributed by atoms with Crippen LogP contribution in [0.5, 0.6) is 0 Å². The number of carbonyl (C=O) groups excluding carboxylic acids is 1. The van der Waals surface area contributed by atoms with Gasteiger partial charge in [0.15, 0.2) is 5.69 Å². The molecule has 0 unspecified atom stereocenters. The van der Waals surface area contributed by atoms with Gasteiger partial charge in [-0.2, -0.15) is 5.26 Å². The monoisotopic (exact) mass is 270 g/mol. The van der Waals surface area contributed by atoms with Crippen molar-refractivity contribution in [1.29, 1.82) is 5.26 Å². The maximum absolute atomic E-state index is 11.6. The van der Waals surface area contributed by atoms with Crippen LogP contribution in [-0.2, 0) is 11.2 Å². The molecular weight excluding hydrogens is 256 g/mol. The lowest BCUT2D eigenvalue weighted by molar-refractivity contribution is 0.0596. The van der Waals surface area contributed by atoms with E-state index in [2.05, 4.69) is 15.8 Å². The molecule has 2 rings (SSSR count). The second-order valence-electron chi connectivity index (χ2n) is 4.10. The van der Waals surface area contributed by atoms with E-state index in [1.807, 2.05) is 6.92 Å². The molecule has 0 aliphatic rings. The molecule has 0 saturated carbocycles. The number of benzene rings is 1. The molecule has 0 bridgehead atoms. The molecule has 6 heteroatoms. The molecule has 0 fully saturated rings. The highest BCUT2D eigenvalue weighted by molar-refractivity contribution is 5.92. The van der Waals surface area contributed by atoms with Crippen molar-refractivity contribution in [3.05, 3.63) is 41.3 Å².